The number of carbonyl (C=O) groups excluding carboxylic acids is 1. The Balaban J connectivity index is 1.64. The number of anilines is 1. The first-order chi connectivity index (χ1) is 14.5. The van der Waals surface area contributed by atoms with E-state index in [0.717, 1.165) is 5.56 Å². The topological polar surface area (TPSA) is 84.1 Å². The van der Waals surface area contributed by atoms with Crippen LogP contribution in [0.15, 0.2) is 58.5 Å². The molecule has 2 N–H and O–H groups in total. The summed E-state index contributed by atoms with van der Waals surface area (Å²) in [6.07, 6.45) is 0.463. The van der Waals surface area contributed by atoms with Crippen molar-refractivity contribution in [2.75, 3.05) is 17.7 Å². The summed E-state index contributed by atoms with van der Waals surface area (Å²) in [6, 6.07) is 14.6. The van der Waals surface area contributed by atoms with E-state index in [1.165, 1.54) is 11.8 Å². The van der Waals surface area contributed by atoms with E-state index in [2.05, 4.69) is 15.3 Å². The molecule has 0 radical (unpaired) electrons. The van der Waals surface area contributed by atoms with Crippen LogP contribution in [0, 0.1) is 6.92 Å². The molecule has 0 aliphatic heterocycles. The number of H-pyrrole nitrogens is 1. The second-order valence-corrected chi connectivity index (χ2v) is 7.90. The maximum absolute atomic E-state index is 12.5. The number of rotatable bonds is 8. The van der Waals surface area contributed by atoms with Crippen molar-refractivity contribution in [1.29, 1.82) is 0 Å². The van der Waals surface area contributed by atoms with Crippen LogP contribution in [0.3, 0.4) is 0 Å². The molecular weight excluding hydrogens is 422 g/mol. The summed E-state index contributed by atoms with van der Waals surface area (Å²) in [5.74, 6) is 0.518. The number of aryl methyl sites for hydroxylation is 1. The lowest BCUT2D eigenvalue weighted by Crippen LogP contribution is -2.19. The van der Waals surface area contributed by atoms with Crippen molar-refractivity contribution in [3.63, 3.8) is 0 Å². The van der Waals surface area contributed by atoms with Gasteiger partial charge in [-0.05, 0) is 43.7 Å². The van der Waals surface area contributed by atoms with Gasteiger partial charge >= 0.3 is 0 Å². The van der Waals surface area contributed by atoms with Crippen molar-refractivity contribution in [3.05, 3.63) is 80.7 Å². The smallest absolute Gasteiger partial charge is 0.255 e. The highest BCUT2D eigenvalue weighted by Crippen LogP contribution is 2.24. The number of hydrogen-bond acceptors (Lipinski definition) is 5. The molecule has 0 fully saturated rings. The number of aromatic amines is 1. The first-order valence-corrected chi connectivity index (χ1v) is 10.8. The third-order valence-corrected chi connectivity index (χ3v) is 5.42. The van der Waals surface area contributed by atoms with E-state index in [9.17, 15) is 9.59 Å². The number of amides is 1. The molecule has 3 aromatic rings. The van der Waals surface area contributed by atoms with Gasteiger partial charge in [-0.25, -0.2) is 4.98 Å². The molecule has 0 saturated heterocycles. The summed E-state index contributed by atoms with van der Waals surface area (Å²) in [5, 5.41) is 3.89. The minimum Gasteiger partial charge on any atom is -0.492 e. The number of thioether (sulfide) groups is 1. The number of carbonyl (C=O) groups is 1. The molecule has 6 nitrogen and oxygen atoms in total. The molecular formula is C22H22ClN3O3S. The predicted octanol–water partition coefficient (Wildman–Crippen LogP) is 4.45. The van der Waals surface area contributed by atoms with Crippen LogP contribution in [0.4, 0.5) is 5.69 Å². The lowest BCUT2D eigenvalue weighted by molar-refractivity contribution is -0.113. The highest BCUT2D eigenvalue weighted by atomic mass is 35.5. The van der Waals surface area contributed by atoms with E-state index >= 15 is 0 Å². The van der Waals surface area contributed by atoms with Gasteiger partial charge in [0.25, 0.3) is 5.56 Å². The standard InChI is InChI=1S/C22H22ClN3O3S/c1-3-29-19-7-5-4-6-18(19)25-20(27)13-30-22-24-14(2)17(21(28)26-22)12-15-8-10-16(23)11-9-15/h4-11H,3,12-13H2,1-2H3,(H,25,27)(H,24,26,28). The van der Waals surface area contributed by atoms with Crippen LogP contribution < -0.4 is 15.6 Å². The zero-order valence-corrected chi connectivity index (χ0v) is 18.3. The SMILES string of the molecule is CCOc1ccccc1NC(=O)CSc1nc(C)c(Cc2ccc(Cl)cc2)c(=O)[nH]1. The van der Waals surface area contributed by atoms with Crippen LogP contribution in [-0.4, -0.2) is 28.2 Å². The number of halogens is 1. The van der Waals surface area contributed by atoms with E-state index in [0.29, 0.717) is 45.9 Å². The fourth-order valence-electron chi connectivity index (χ4n) is 2.84. The summed E-state index contributed by atoms with van der Waals surface area (Å²) in [6.45, 7) is 4.19. The van der Waals surface area contributed by atoms with Crippen molar-refractivity contribution < 1.29 is 9.53 Å². The van der Waals surface area contributed by atoms with Gasteiger partial charge in [-0.3, -0.25) is 9.59 Å². The van der Waals surface area contributed by atoms with E-state index in [1.807, 2.05) is 31.2 Å². The third kappa shape index (κ3) is 5.87. The third-order valence-electron chi connectivity index (χ3n) is 4.30. The monoisotopic (exact) mass is 443 g/mol. The molecule has 8 heteroatoms. The molecule has 156 valence electrons. The van der Waals surface area contributed by atoms with E-state index in [4.69, 9.17) is 16.3 Å². The maximum atomic E-state index is 12.5. The zero-order chi connectivity index (χ0) is 21.5. The van der Waals surface area contributed by atoms with Crippen molar-refractivity contribution in [2.45, 2.75) is 25.4 Å². The molecule has 0 aliphatic rings. The Morgan fingerprint density at radius 1 is 1.20 bits per heavy atom. The molecule has 0 unspecified atom stereocenters. The Bertz CT molecular complexity index is 1080. The Morgan fingerprint density at radius 3 is 2.63 bits per heavy atom. The van der Waals surface area contributed by atoms with Crippen LogP contribution in [0.25, 0.3) is 0 Å². The first-order valence-electron chi connectivity index (χ1n) is 9.45. The molecule has 0 spiro atoms. The van der Waals surface area contributed by atoms with Gasteiger partial charge in [0.1, 0.15) is 5.75 Å². The van der Waals surface area contributed by atoms with E-state index in [-0.39, 0.29) is 17.2 Å². The molecule has 0 aliphatic carbocycles. The average molecular weight is 444 g/mol. The second kappa shape index (κ2) is 10.3. The van der Waals surface area contributed by atoms with Gasteiger partial charge < -0.3 is 15.0 Å². The largest absolute Gasteiger partial charge is 0.492 e. The lowest BCUT2D eigenvalue weighted by Gasteiger charge is -2.11. The maximum Gasteiger partial charge on any atom is 0.255 e. The number of nitrogens with one attached hydrogen (secondary N) is 2. The Kier molecular flexibility index (Phi) is 7.54. The molecule has 1 heterocycles. The second-order valence-electron chi connectivity index (χ2n) is 6.50. The van der Waals surface area contributed by atoms with Gasteiger partial charge in [-0.1, -0.05) is 47.6 Å². The van der Waals surface area contributed by atoms with Crippen LogP contribution in [0.1, 0.15) is 23.7 Å². The van der Waals surface area contributed by atoms with Gasteiger partial charge in [-0.15, -0.1) is 0 Å². The summed E-state index contributed by atoms with van der Waals surface area (Å²) >= 11 is 7.09. The summed E-state index contributed by atoms with van der Waals surface area (Å²) in [5.41, 5.74) is 2.61. The van der Waals surface area contributed by atoms with Gasteiger partial charge in [0, 0.05) is 22.7 Å². The summed E-state index contributed by atoms with van der Waals surface area (Å²) in [4.78, 5) is 32.1. The fourth-order valence-corrected chi connectivity index (χ4v) is 3.67. The number of hydrogen-bond donors (Lipinski definition) is 2. The van der Waals surface area contributed by atoms with Gasteiger partial charge in [0.15, 0.2) is 5.16 Å². The van der Waals surface area contributed by atoms with Crippen molar-refractivity contribution in [3.8, 4) is 5.75 Å². The van der Waals surface area contributed by atoms with Crippen LogP contribution in [0.2, 0.25) is 5.02 Å². The quantitative estimate of drug-likeness (QED) is 0.397. The average Bonchev–Trinajstić information content (AvgIpc) is 2.72. The van der Waals surface area contributed by atoms with Gasteiger partial charge in [-0.2, -0.15) is 0 Å². The van der Waals surface area contributed by atoms with Crippen molar-refractivity contribution in [2.24, 2.45) is 0 Å². The van der Waals surface area contributed by atoms with Gasteiger partial charge in [0.05, 0.1) is 18.0 Å². The van der Waals surface area contributed by atoms with Crippen molar-refractivity contribution in [1.82, 2.24) is 9.97 Å². The number of nitrogens with zero attached hydrogens (tertiary/aromatic N) is 1. The summed E-state index contributed by atoms with van der Waals surface area (Å²) < 4.78 is 5.51. The van der Waals surface area contributed by atoms with Crippen LogP contribution in [0.5, 0.6) is 5.75 Å². The number of benzene rings is 2. The molecule has 2 aromatic carbocycles. The zero-order valence-electron chi connectivity index (χ0n) is 16.7. The van der Waals surface area contributed by atoms with Gasteiger partial charge in [0.2, 0.25) is 5.91 Å². The molecule has 0 bridgehead atoms. The Morgan fingerprint density at radius 2 is 1.93 bits per heavy atom. The summed E-state index contributed by atoms with van der Waals surface area (Å²) in [7, 11) is 0. The lowest BCUT2D eigenvalue weighted by atomic mass is 10.1. The molecule has 1 aromatic heterocycles. The highest BCUT2D eigenvalue weighted by molar-refractivity contribution is 7.99. The van der Waals surface area contributed by atoms with E-state index < -0.39 is 0 Å². The first kappa shape index (κ1) is 21.9. The molecule has 0 atom stereocenters. The molecule has 0 saturated carbocycles. The Hall–Kier alpha value is -2.77. The van der Waals surface area contributed by atoms with Crippen LogP contribution in [-0.2, 0) is 11.2 Å². The normalized spacial score (nSPS) is 10.6. The fraction of sp³-hybridized carbons (Fsp3) is 0.227. The van der Waals surface area contributed by atoms with Crippen LogP contribution >= 0.6 is 23.4 Å². The minimum atomic E-state index is -0.210. The Labute approximate surface area is 184 Å². The molecule has 1 amide bonds. The highest BCUT2D eigenvalue weighted by Gasteiger charge is 2.12. The number of ether oxygens (including phenoxy) is 1. The minimum absolute atomic E-state index is 0.110. The van der Waals surface area contributed by atoms with E-state index in [1.54, 1.807) is 31.2 Å². The number of aromatic nitrogens is 2. The molecule has 30 heavy (non-hydrogen) atoms. The number of para-hydroxylation sites is 2. The predicted molar refractivity (Wildman–Crippen MR) is 121 cm³/mol. The molecule has 3 rings (SSSR count). The van der Waals surface area contributed by atoms with Crippen molar-refractivity contribution >= 4 is 35.0 Å².